The topological polar surface area (TPSA) is 49.8 Å². The zero-order valence-electron chi connectivity index (χ0n) is 13.7. The van der Waals surface area contributed by atoms with Crippen molar-refractivity contribution in [2.45, 2.75) is 38.0 Å². The minimum Gasteiger partial charge on any atom is -0.508 e. The van der Waals surface area contributed by atoms with Gasteiger partial charge in [0.1, 0.15) is 11.2 Å². The minimum absolute atomic E-state index is 0. The number of aromatic hydroxyl groups is 1. The van der Waals surface area contributed by atoms with Crippen LogP contribution in [-0.2, 0) is 14.9 Å². The van der Waals surface area contributed by atoms with Crippen LogP contribution >= 0.6 is 17.0 Å². The first kappa shape index (κ1) is 18.3. The summed E-state index contributed by atoms with van der Waals surface area (Å²) in [6.07, 6.45) is 4.40. The van der Waals surface area contributed by atoms with Crippen LogP contribution in [0.25, 0.3) is 0 Å². The maximum atomic E-state index is 12.7. The first-order chi connectivity index (χ1) is 10.6. The quantitative estimate of drug-likeness (QED) is 0.792. The first-order valence-electron chi connectivity index (χ1n) is 8.33. The number of benzene rings is 1. The lowest BCUT2D eigenvalue weighted by Gasteiger charge is -2.41. The number of phenols is 1. The number of rotatable bonds is 5. The Morgan fingerprint density at radius 2 is 2.22 bits per heavy atom. The molecule has 0 aromatic heterocycles. The van der Waals surface area contributed by atoms with E-state index in [4.69, 9.17) is 4.74 Å². The van der Waals surface area contributed by atoms with Gasteiger partial charge in [-0.15, -0.1) is 17.0 Å². The summed E-state index contributed by atoms with van der Waals surface area (Å²) in [6, 6.07) is 7.12. The van der Waals surface area contributed by atoms with Crippen LogP contribution in [0.1, 0.15) is 38.2 Å². The molecule has 1 unspecified atom stereocenters. The van der Waals surface area contributed by atoms with Crippen molar-refractivity contribution in [3.8, 4) is 5.75 Å². The van der Waals surface area contributed by atoms with Crippen molar-refractivity contribution in [2.24, 2.45) is 5.92 Å². The fourth-order valence-electron chi connectivity index (χ4n) is 3.56. The monoisotopic (exact) mass is 383 g/mol. The maximum absolute atomic E-state index is 12.7. The van der Waals surface area contributed by atoms with Crippen LogP contribution in [0.5, 0.6) is 5.75 Å². The molecule has 1 aliphatic heterocycles. The molecule has 1 aromatic carbocycles. The number of nitrogens with zero attached hydrogens (tertiary/aromatic N) is 1. The van der Waals surface area contributed by atoms with Gasteiger partial charge in [0.15, 0.2) is 0 Å². The van der Waals surface area contributed by atoms with Crippen LogP contribution in [0.15, 0.2) is 24.3 Å². The Morgan fingerprint density at radius 1 is 1.43 bits per heavy atom. The van der Waals surface area contributed by atoms with Crippen LogP contribution in [0.2, 0.25) is 0 Å². The van der Waals surface area contributed by atoms with Crippen LogP contribution in [0, 0.1) is 5.92 Å². The second-order valence-corrected chi connectivity index (χ2v) is 6.63. The standard InChI is InChI=1S/C18H25NO3.BrH/c1-2-22-17(21)18(15-5-3-6-16(20)11-15)9-4-10-19(13-18)12-14-7-8-14;/h3,5-6,11,14,20H,2,4,7-10,12-13H2,1H3;1H. The molecule has 1 heterocycles. The number of likely N-dealkylation sites (tertiary alicyclic amines) is 1. The molecule has 128 valence electrons. The average Bonchev–Trinajstić information content (AvgIpc) is 3.31. The van der Waals surface area contributed by atoms with E-state index in [0.717, 1.165) is 37.4 Å². The van der Waals surface area contributed by atoms with Crippen molar-refractivity contribution in [3.05, 3.63) is 29.8 Å². The summed E-state index contributed by atoms with van der Waals surface area (Å²) in [6.45, 7) is 5.07. The molecule has 4 nitrogen and oxygen atoms in total. The lowest BCUT2D eigenvalue weighted by atomic mass is 9.74. The van der Waals surface area contributed by atoms with Gasteiger partial charge in [-0.2, -0.15) is 0 Å². The number of halogens is 1. The number of esters is 1. The Hall–Kier alpha value is -1.07. The van der Waals surface area contributed by atoms with Crippen LogP contribution < -0.4 is 0 Å². The number of piperidine rings is 1. The molecule has 1 aromatic rings. The van der Waals surface area contributed by atoms with E-state index in [1.54, 1.807) is 12.1 Å². The lowest BCUT2D eigenvalue weighted by Crippen LogP contribution is -2.52. The Bertz CT molecular complexity index is 547. The molecule has 0 radical (unpaired) electrons. The number of ether oxygens (including phenoxy) is 1. The normalized spacial score (nSPS) is 24.7. The maximum Gasteiger partial charge on any atom is 0.317 e. The van der Waals surface area contributed by atoms with Gasteiger partial charge in [0.05, 0.1) is 6.61 Å². The van der Waals surface area contributed by atoms with Crippen molar-refractivity contribution in [2.75, 3.05) is 26.2 Å². The van der Waals surface area contributed by atoms with Gasteiger partial charge >= 0.3 is 5.97 Å². The molecular weight excluding hydrogens is 358 g/mol. The number of hydrogen-bond donors (Lipinski definition) is 1. The Labute approximate surface area is 148 Å². The summed E-state index contributed by atoms with van der Waals surface area (Å²) in [5, 5.41) is 9.83. The largest absolute Gasteiger partial charge is 0.508 e. The van der Waals surface area contributed by atoms with Gasteiger partial charge in [0.2, 0.25) is 0 Å². The van der Waals surface area contributed by atoms with E-state index in [2.05, 4.69) is 4.90 Å². The average molecular weight is 384 g/mol. The highest BCUT2D eigenvalue weighted by Crippen LogP contribution is 2.39. The SMILES string of the molecule is Br.CCOC(=O)C1(c2cccc(O)c2)CCCN(CC2CC2)C1. The number of phenolic OH excluding ortho intramolecular Hbond substituents is 1. The first-order valence-corrected chi connectivity index (χ1v) is 8.33. The molecule has 2 fully saturated rings. The van der Waals surface area contributed by atoms with E-state index in [-0.39, 0.29) is 28.7 Å². The molecule has 3 rings (SSSR count). The van der Waals surface area contributed by atoms with E-state index in [1.165, 1.54) is 12.8 Å². The molecule has 5 heteroatoms. The molecule has 0 amide bonds. The summed E-state index contributed by atoms with van der Waals surface area (Å²) in [7, 11) is 0. The van der Waals surface area contributed by atoms with E-state index in [9.17, 15) is 9.90 Å². The van der Waals surface area contributed by atoms with Gasteiger partial charge in [-0.05, 0) is 62.8 Å². The Morgan fingerprint density at radius 3 is 2.87 bits per heavy atom. The molecule has 1 saturated heterocycles. The molecule has 1 saturated carbocycles. The zero-order valence-corrected chi connectivity index (χ0v) is 15.4. The van der Waals surface area contributed by atoms with Gasteiger partial charge in [0, 0.05) is 13.1 Å². The van der Waals surface area contributed by atoms with E-state index < -0.39 is 5.41 Å². The molecule has 23 heavy (non-hydrogen) atoms. The van der Waals surface area contributed by atoms with Crippen LogP contribution in [0.4, 0.5) is 0 Å². The molecule has 1 atom stereocenters. The van der Waals surface area contributed by atoms with Crippen molar-refractivity contribution < 1.29 is 14.6 Å². The van der Waals surface area contributed by atoms with Crippen LogP contribution in [-0.4, -0.2) is 42.2 Å². The Kier molecular flexibility index (Phi) is 6.09. The van der Waals surface area contributed by atoms with Crippen molar-refractivity contribution >= 4 is 23.0 Å². The summed E-state index contributed by atoms with van der Waals surface area (Å²) in [4.78, 5) is 15.2. The summed E-state index contributed by atoms with van der Waals surface area (Å²) in [5.74, 6) is 0.865. The van der Waals surface area contributed by atoms with Gasteiger partial charge in [0.25, 0.3) is 0 Å². The second kappa shape index (κ2) is 7.67. The zero-order chi connectivity index (χ0) is 15.6. The highest BCUT2D eigenvalue weighted by Gasteiger charge is 2.45. The summed E-state index contributed by atoms with van der Waals surface area (Å²) < 4.78 is 5.40. The van der Waals surface area contributed by atoms with Crippen LogP contribution in [0.3, 0.4) is 0 Å². The molecular formula is C18H26BrNO3. The predicted molar refractivity (Wildman–Crippen MR) is 95.1 cm³/mol. The highest BCUT2D eigenvalue weighted by atomic mass is 79.9. The molecule has 1 N–H and O–H groups in total. The minimum atomic E-state index is -0.637. The molecule has 2 aliphatic rings. The lowest BCUT2D eigenvalue weighted by molar-refractivity contribution is -0.152. The second-order valence-electron chi connectivity index (χ2n) is 6.63. The predicted octanol–water partition coefficient (Wildman–Crippen LogP) is 3.28. The molecule has 1 aliphatic carbocycles. The fraction of sp³-hybridized carbons (Fsp3) is 0.611. The summed E-state index contributed by atoms with van der Waals surface area (Å²) >= 11 is 0. The van der Waals surface area contributed by atoms with Gasteiger partial charge in [-0.3, -0.25) is 4.79 Å². The number of carbonyl (C=O) groups is 1. The third-order valence-electron chi connectivity index (χ3n) is 4.85. The van der Waals surface area contributed by atoms with Gasteiger partial charge < -0.3 is 14.7 Å². The van der Waals surface area contributed by atoms with Gasteiger partial charge in [-0.25, -0.2) is 0 Å². The van der Waals surface area contributed by atoms with E-state index >= 15 is 0 Å². The van der Waals surface area contributed by atoms with E-state index in [1.807, 2.05) is 19.1 Å². The van der Waals surface area contributed by atoms with Crippen molar-refractivity contribution in [3.63, 3.8) is 0 Å². The fourth-order valence-corrected chi connectivity index (χ4v) is 3.56. The molecule has 0 bridgehead atoms. The van der Waals surface area contributed by atoms with Gasteiger partial charge in [-0.1, -0.05) is 12.1 Å². The highest BCUT2D eigenvalue weighted by molar-refractivity contribution is 8.93. The number of carbonyl (C=O) groups excluding carboxylic acids is 1. The smallest absolute Gasteiger partial charge is 0.317 e. The van der Waals surface area contributed by atoms with Crippen molar-refractivity contribution in [1.29, 1.82) is 0 Å². The third kappa shape index (κ3) is 4.07. The van der Waals surface area contributed by atoms with E-state index in [0.29, 0.717) is 13.2 Å². The summed E-state index contributed by atoms with van der Waals surface area (Å²) in [5.41, 5.74) is 0.244. The number of hydrogen-bond acceptors (Lipinski definition) is 4. The van der Waals surface area contributed by atoms with Crippen molar-refractivity contribution in [1.82, 2.24) is 4.90 Å². The molecule has 0 spiro atoms. The third-order valence-corrected chi connectivity index (χ3v) is 4.85. The Balaban J connectivity index is 0.00000192.